The number of hydrogen-bond donors (Lipinski definition) is 1. The second-order valence-electron chi connectivity index (χ2n) is 5.31. The van der Waals surface area contributed by atoms with Crippen molar-refractivity contribution in [1.82, 2.24) is 10.4 Å². The molecule has 0 aliphatic carbocycles. The summed E-state index contributed by atoms with van der Waals surface area (Å²) in [5.74, 6) is -1.12. The standard InChI is InChI=1S/C18H16N2O4/c1-2-12-7-9-13(10-8-12)24-11-16(21)19-20-17(22)14-5-3-4-6-15(14)18(20)23/h3-10H,2,11H2,1H3,(H,19,21). The number of fused-ring (bicyclic) bond motifs is 1. The number of imide groups is 1. The summed E-state index contributed by atoms with van der Waals surface area (Å²) in [5.41, 5.74) is 4.01. The first-order valence-electron chi connectivity index (χ1n) is 7.59. The lowest BCUT2D eigenvalue weighted by atomic mass is 10.1. The number of nitrogens with one attached hydrogen (secondary N) is 1. The Morgan fingerprint density at radius 2 is 1.58 bits per heavy atom. The van der Waals surface area contributed by atoms with Crippen LogP contribution in [0.2, 0.25) is 0 Å². The van der Waals surface area contributed by atoms with Crippen LogP contribution in [0, 0.1) is 0 Å². The maximum absolute atomic E-state index is 12.1. The predicted octanol–water partition coefficient (Wildman–Crippen LogP) is 1.96. The summed E-state index contributed by atoms with van der Waals surface area (Å²) in [6, 6.07) is 13.8. The molecule has 0 unspecified atom stereocenters. The monoisotopic (exact) mass is 324 g/mol. The minimum Gasteiger partial charge on any atom is -0.484 e. The normalized spacial score (nSPS) is 13.0. The van der Waals surface area contributed by atoms with E-state index < -0.39 is 17.7 Å². The molecule has 6 heteroatoms. The molecule has 0 spiro atoms. The van der Waals surface area contributed by atoms with Crippen LogP contribution in [0.25, 0.3) is 0 Å². The van der Waals surface area contributed by atoms with Crippen molar-refractivity contribution in [1.29, 1.82) is 0 Å². The number of carbonyl (C=O) groups excluding carboxylic acids is 3. The van der Waals surface area contributed by atoms with E-state index in [0.29, 0.717) is 5.75 Å². The van der Waals surface area contributed by atoms with E-state index in [0.717, 1.165) is 17.0 Å². The van der Waals surface area contributed by atoms with E-state index in [4.69, 9.17) is 4.74 Å². The smallest absolute Gasteiger partial charge is 0.280 e. The fourth-order valence-corrected chi connectivity index (χ4v) is 2.42. The van der Waals surface area contributed by atoms with Crippen molar-refractivity contribution in [2.45, 2.75) is 13.3 Å². The van der Waals surface area contributed by atoms with Crippen LogP contribution in [0.3, 0.4) is 0 Å². The van der Waals surface area contributed by atoms with Crippen LogP contribution in [0.15, 0.2) is 48.5 Å². The van der Waals surface area contributed by atoms with Gasteiger partial charge in [-0.3, -0.25) is 19.8 Å². The summed E-state index contributed by atoms with van der Waals surface area (Å²) < 4.78 is 5.36. The lowest BCUT2D eigenvalue weighted by molar-refractivity contribution is -0.126. The molecule has 1 heterocycles. The SMILES string of the molecule is CCc1ccc(OCC(=O)NN2C(=O)c3ccccc3C2=O)cc1. The molecule has 0 radical (unpaired) electrons. The number of ether oxygens (including phenoxy) is 1. The molecule has 6 nitrogen and oxygen atoms in total. The number of nitrogens with zero attached hydrogens (tertiary/aromatic N) is 1. The number of hydrogen-bond acceptors (Lipinski definition) is 4. The van der Waals surface area contributed by atoms with Crippen molar-refractivity contribution in [3.05, 3.63) is 65.2 Å². The van der Waals surface area contributed by atoms with E-state index in [-0.39, 0.29) is 17.7 Å². The average molecular weight is 324 g/mol. The zero-order chi connectivity index (χ0) is 17.1. The largest absolute Gasteiger partial charge is 0.484 e. The average Bonchev–Trinajstić information content (AvgIpc) is 2.86. The first kappa shape index (κ1) is 15.7. The molecular weight excluding hydrogens is 308 g/mol. The van der Waals surface area contributed by atoms with Crippen LogP contribution in [-0.2, 0) is 11.2 Å². The van der Waals surface area contributed by atoms with Crippen LogP contribution in [-0.4, -0.2) is 29.3 Å². The highest BCUT2D eigenvalue weighted by molar-refractivity contribution is 6.21. The first-order valence-corrected chi connectivity index (χ1v) is 7.59. The Kier molecular flexibility index (Phi) is 4.29. The van der Waals surface area contributed by atoms with Gasteiger partial charge in [0.15, 0.2) is 6.61 Å². The third-order valence-electron chi connectivity index (χ3n) is 3.73. The van der Waals surface area contributed by atoms with E-state index in [1.807, 2.05) is 19.1 Å². The van der Waals surface area contributed by atoms with Gasteiger partial charge in [0.1, 0.15) is 5.75 Å². The molecule has 0 bridgehead atoms. The van der Waals surface area contributed by atoms with Crippen LogP contribution in [0.1, 0.15) is 33.2 Å². The molecule has 1 aliphatic rings. The minimum atomic E-state index is -0.580. The van der Waals surface area contributed by atoms with Crippen LogP contribution in [0.5, 0.6) is 5.75 Å². The summed E-state index contributed by atoms with van der Waals surface area (Å²) in [4.78, 5) is 36.2. The minimum absolute atomic E-state index is 0.277. The Labute approximate surface area is 139 Å². The number of aryl methyl sites for hydroxylation is 1. The highest BCUT2D eigenvalue weighted by Gasteiger charge is 2.36. The van der Waals surface area contributed by atoms with Crippen LogP contribution >= 0.6 is 0 Å². The van der Waals surface area contributed by atoms with Gasteiger partial charge in [0.25, 0.3) is 17.7 Å². The Morgan fingerprint density at radius 3 is 2.12 bits per heavy atom. The second-order valence-corrected chi connectivity index (χ2v) is 5.31. The summed E-state index contributed by atoms with van der Waals surface area (Å²) >= 11 is 0. The molecule has 3 rings (SSSR count). The summed E-state index contributed by atoms with van der Waals surface area (Å²) in [6.45, 7) is 1.75. The summed E-state index contributed by atoms with van der Waals surface area (Å²) in [5, 5.41) is 0.719. The fraction of sp³-hybridized carbons (Fsp3) is 0.167. The van der Waals surface area contributed by atoms with Gasteiger partial charge in [-0.15, -0.1) is 0 Å². The maximum Gasteiger partial charge on any atom is 0.280 e. The molecule has 122 valence electrons. The summed E-state index contributed by atoms with van der Waals surface area (Å²) in [6.07, 6.45) is 0.917. The molecule has 0 fully saturated rings. The van der Waals surface area contributed by atoms with E-state index in [9.17, 15) is 14.4 Å². The Balaban J connectivity index is 1.59. The van der Waals surface area contributed by atoms with Crippen molar-refractivity contribution in [2.24, 2.45) is 0 Å². The fourth-order valence-electron chi connectivity index (χ4n) is 2.42. The van der Waals surface area contributed by atoms with Crippen molar-refractivity contribution in [3.63, 3.8) is 0 Å². The molecule has 2 aromatic carbocycles. The quantitative estimate of drug-likeness (QED) is 0.853. The van der Waals surface area contributed by atoms with E-state index in [1.165, 1.54) is 0 Å². The number of benzene rings is 2. The van der Waals surface area contributed by atoms with Gasteiger partial charge in [0.05, 0.1) is 11.1 Å². The van der Waals surface area contributed by atoms with E-state index >= 15 is 0 Å². The molecule has 3 amide bonds. The molecule has 0 saturated heterocycles. The molecule has 2 aromatic rings. The Hall–Kier alpha value is -3.15. The van der Waals surface area contributed by atoms with Gasteiger partial charge < -0.3 is 4.74 Å². The zero-order valence-corrected chi connectivity index (χ0v) is 13.1. The van der Waals surface area contributed by atoms with Crippen LogP contribution in [0.4, 0.5) is 0 Å². The Morgan fingerprint density at radius 1 is 1.00 bits per heavy atom. The second kappa shape index (κ2) is 6.54. The molecule has 0 aromatic heterocycles. The Bertz CT molecular complexity index is 764. The zero-order valence-electron chi connectivity index (χ0n) is 13.1. The third kappa shape index (κ3) is 2.99. The van der Waals surface area contributed by atoms with Crippen molar-refractivity contribution < 1.29 is 19.1 Å². The summed E-state index contributed by atoms with van der Waals surface area (Å²) in [7, 11) is 0. The van der Waals surface area contributed by atoms with E-state index in [1.54, 1.807) is 36.4 Å². The van der Waals surface area contributed by atoms with Gasteiger partial charge in [0.2, 0.25) is 0 Å². The lowest BCUT2D eigenvalue weighted by Crippen LogP contribution is -2.47. The molecular formula is C18H16N2O4. The molecule has 1 aliphatic heterocycles. The van der Waals surface area contributed by atoms with E-state index in [2.05, 4.69) is 5.43 Å². The topological polar surface area (TPSA) is 75.7 Å². The highest BCUT2D eigenvalue weighted by Crippen LogP contribution is 2.20. The molecule has 0 atom stereocenters. The van der Waals surface area contributed by atoms with Gasteiger partial charge in [0, 0.05) is 0 Å². The van der Waals surface area contributed by atoms with Gasteiger partial charge in [-0.1, -0.05) is 31.2 Å². The molecule has 1 N–H and O–H groups in total. The van der Waals surface area contributed by atoms with Gasteiger partial charge >= 0.3 is 0 Å². The number of carbonyl (C=O) groups is 3. The number of rotatable bonds is 5. The van der Waals surface area contributed by atoms with Gasteiger partial charge in [-0.05, 0) is 36.2 Å². The first-order chi connectivity index (χ1) is 11.6. The molecule has 0 saturated carbocycles. The predicted molar refractivity (Wildman–Crippen MR) is 86.4 cm³/mol. The molecule has 24 heavy (non-hydrogen) atoms. The van der Waals surface area contributed by atoms with Crippen molar-refractivity contribution in [2.75, 3.05) is 6.61 Å². The maximum atomic E-state index is 12.1. The van der Waals surface area contributed by atoms with Crippen LogP contribution < -0.4 is 10.2 Å². The lowest BCUT2D eigenvalue weighted by Gasteiger charge is -2.15. The van der Waals surface area contributed by atoms with Gasteiger partial charge in [-0.2, -0.15) is 5.01 Å². The number of hydrazine groups is 1. The number of amides is 3. The van der Waals surface area contributed by atoms with Crippen molar-refractivity contribution in [3.8, 4) is 5.75 Å². The highest BCUT2D eigenvalue weighted by atomic mass is 16.5. The third-order valence-corrected chi connectivity index (χ3v) is 3.73. The van der Waals surface area contributed by atoms with Crippen molar-refractivity contribution >= 4 is 17.7 Å². The van der Waals surface area contributed by atoms with Gasteiger partial charge in [-0.25, -0.2) is 0 Å².